The Morgan fingerprint density at radius 1 is 0.526 bits per heavy atom. The highest BCUT2D eigenvalue weighted by Crippen LogP contribution is 2.41. The average Bonchev–Trinajstić information content (AvgIpc) is 3.51. The van der Waals surface area contributed by atoms with Crippen LogP contribution in [0.4, 0.5) is 0 Å². The second kappa shape index (κ2) is 8.25. The molecule has 1 aliphatic heterocycles. The van der Waals surface area contributed by atoms with Crippen molar-refractivity contribution in [2.45, 2.75) is 6.17 Å². The summed E-state index contributed by atoms with van der Waals surface area (Å²) in [5.74, 6) is 0. The highest BCUT2D eigenvalue weighted by molar-refractivity contribution is 6.23. The Hall–Kier alpha value is -5.02. The summed E-state index contributed by atoms with van der Waals surface area (Å²) in [6, 6.07) is 43.4. The molecular weight excluding hydrogens is 462 g/mol. The van der Waals surface area contributed by atoms with E-state index in [2.05, 4.69) is 154 Å². The summed E-state index contributed by atoms with van der Waals surface area (Å²) in [7, 11) is 0. The summed E-state index contributed by atoms with van der Waals surface area (Å²) in [6.07, 6.45) is 6.56. The fourth-order valence-electron chi connectivity index (χ4n) is 6.13. The SMILES string of the molecule is C1=CC(n2c3ccccc3c3ccc4c5ccccc5n(-c5ccccc5)c4c32)NC(c2ccccc2)=C1. The van der Waals surface area contributed by atoms with Gasteiger partial charge in [0.1, 0.15) is 6.17 Å². The van der Waals surface area contributed by atoms with E-state index in [1.54, 1.807) is 0 Å². The maximum absolute atomic E-state index is 3.84. The molecule has 3 heteroatoms. The largest absolute Gasteiger partial charge is 0.361 e. The summed E-state index contributed by atoms with van der Waals surface area (Å²) in [6.45, 7) is 0. The number of para-hydroxylation sites is 3. The van der Waals surface area contributed by atoms with Crippen LogP contribution < -0.4 is 5.32 Å². The van der Waals surface area contributed by atoms with Crippen molar-refractivity contribution in [1.29, 1.82) is 0 Å². The molecule has 1 unspecified atom stereocenters. The zero-order chi connectivity index (χ0) is 25.1. The third-order valence-electron chi connectivity index (χ3n) is 7.74. The van der Waals surface area contributed by atoms with Gasteiger partial charge in [-0.1, -0.05) is 103 Å². The fraction of sp³-hybridized carbons (Fsp3) is 0.0286. The Bertz CT molecular complexity index is 2040. The van der Waals surface area contributed by atoms with Crippen molar-refractivity contribution in [3.63, 3.8) is 0 Å². The Morgan fingerprint density at radius 2 is 1.13 bits per heavy atom. The second-order valence-electron chi connectivity index (χ2n) is 9.85. The highest BCUT2D eigenvalue weighted by Gasteiger charge is 2.24. The van der Waals surface area contributed by atoms with Crippen LogP contribution in [0.1, 0.15) is 11.7 Å². The molecule has 180 valence electrons. The number of dihydropyridines is 1. The molecule has 0 spiro atoms. The van der Waals surface area contributed by atoms with E-state index in [0.717, 1.165) is 5.70 Å². The molecule has 0 amide bonds. The predicted octanol–water partition coefficient (Wildman–Crippen LogP) is 8.59. The lowest BCUT2D eigenvalue weighted by atomic mass is 10.1. The minimum Gasteiger partial charge on any atom is -0.361 e. The van der Waals surface area contributed by atoms with Gasteiger partial charge < -0.3 is 14.5 Å². The molecule has 3 nitrogen and oxygen atoms in total. The Labute approximate surface area is 220 Å². The average molecular weight is 488 g/mol. The van der Waals surface area contributed by atoms with Crippen LogP contribution in [0.2, 0.25) is 0 Å². The second-order valence-corrected chi connectivity index (χ2v) is 9.85. The third-order valence-corrected chi connectivity index (χ3v) is 7.74. The van der Waals surface area contributed by atoms with Crippen LogP contribution in [-0.4, -0.2) is 9.13 Å². The van der Waals surface area contributed by atoms with E-state index >= 15 is 0 Å². The molecule has 0 saturated heterocycles. The molecule has 0 radical (unpaired) electrons. The van der Waals surface area contributed by atoms with E-state index in [4.69, 9.17) is 0 Å². The maximum atomic E-state index is 3.84. The molecule has 5 aromatic carbocycles. The first-order valence-corrected chi connectivity index (χ1v) is 13.1. The molecular formula is C35H25N3. The first kappa shape index (κ1) is 21.1. The number of aromatic nitrogens is 2. The molecule has 38 heavy (non-hydrogen) atoms. The zero-order valence-corrected chi connectivity index (χ0v) is 20.8. The molecule has 0 bridgehead atoms. The number of hydrogen-bond donors (Lipinski definition) is 1. The van der Waals surface area contributed by atoms with Crippen LogP contribution in [0, 0.1) is 0 Å². The van der Waals surface area contributed by atoms with Crippen LogP contribution in [-0.2, 0) is 0 Å². The number of nitrogens with zero attached hydrogens (tertiary/aromatic N) is 2. The van der Waals surface area contributed by atoms with Gasteiger partial charge in [-0.15, -0.1) is 0 Å². The predicted molar refractivity (Wildman–Crippen MR) is 160 cm³/mol. The van der Waals surface area contributed by atoms with E-state index in [9.17, 15) is 0 Å². The first-order chi connectivity index (χ1) is 18.9. The number of rotatable bonds is 3. The Balaban J connectivity index is 1.49. The molecule has 0 saturated carbocycles. The van der Waals surface area contributed by atoms with Crippen LogP contribution in [0.15, 0.2) is 140 Å². The first-order valence-electron chi connectivity index (χ1n) is 13.1. The quantitative estimate of drug-likeness (QED) is 0.265. The van der Waals surface area contributed by atoms with Crippen LogP contribution in [0.25, 0.3) is 55.0 Å². The number of allylic oxidation sites excluding steroid dienone is 2. The summed E-state index contributed by atoms with van der Waals surface area (Å²) < 4.78 is 4.92. The topological polar surface area (TPSA) is 21.9 Å². The molecule has 7 aromatic rings. The molecule has 3 heterocycles. The Kier molecular flexibility index (Phi) is 4.58. The van der Waals surface area contributed by atoms with Crippen molar-refractivity contribution < 1.29 is 0 Å². The molecule has 1 aliphatic rings. The number of fused-ring (bicyclic) bond motifs is 7. The van der Waals surface area contributed by atoms with Crippen molar-refractivity contribution in [2.24, 2.45) is 0 Å². The van der Waals surface area contributed by atoms with Crippen LogP contribution in [0.5, 0.6) is 0 Å². The van der Waals surface area contributed by atoms with Gasteiger partial charge in [-0.2, -0.15) is 0 Å². The fourth-order valence-corrected chi connectivity index (χ4v) is 6.13. The van der Waals surface area contributed by atoms with Gasteiger partial charge in [-0.3, -0.25) is 0 Å². The van der Waals surface area contributed by atoms with Crippen molar-refractivity contribution in [1.82, 2.24) is 14.5 Å². The van der Waals surface area contributed by atoms with Gasteiger partial charge in [0.15, 0.2) is 0 Å². The van der Waals surface area contributed by atoms with E-state index in [-0.39, 0.29) is 6.17 Å². The lowest BCUT2D eigenvalue weighted by Gasteiger charge is -2.25. The molecule has 8 rings (SSSR count). The van der Waals surface area contributed by atoms with Gasteiger partial charge in [0.05, 0.1) is 22.1 Å². The van der Waals surface area contributed by atoms with Gasteiger partial charge in [0.2, 0.25) is 0 Å². The number of benzene rings is 5. The lowest BCUT2D eigenvalue weighted by Crippen LogP contribution is -2.25. The molecule has 2 aromatic heterocycles. The van der Waals surface area contributed by atoms with Crippen molar-refractivity contribution in [3.05, 3.63) is 145 Å². The summed E-state index contributed by atoms with van der Waals surface area (Å²) in [4.78, 5) is 0. The molecule has 1 atom stereocenters. The van der Waals surface area contributed by atoms with E-state index in [1.807, 2.05) is 0 Å². The van der Waals surface area contributed by atoms with Crippen molar-refractivity contribution in [2.75, 3.05) is 0 Å². The van der Waals surface area contributed by atoms with E-state index in [0.29, 0.717) is 0 Å². The van der Waals surface area contributed by atoms with Gasteiger partial charge in [0, 0.05) is 32.9 Å². The Morgan fingerprint density at radius 3 is 1.89 bits per heavy atom. The van der Waals surface area contributed by atoms with Gasteiger partial charge >= 0.3 is 0 Å². The molecule has 0 aliphatic carbocycles. The van der Waals surface area contributed by atoms with E-state index < -0.39 is 0 Å². The normalized spacial score (nSPS) is 15.4. The lowest BCUT2D eigenvalue weighted by molar-refractivity contribution is 0.590. The van der Waals surface area contributed by atoms with Gasteiger partial charge in [0.25, 0.3) is 0 Å². The standard InChI is InChI=1S/C35H25N3/c1-3-12-24(13-4-1)30-18-11-21-33(36-30)38-32-20-10-8-17-27(32)29-23-22-28-26-16-7-9-19-31(26)37(34(28)35(29)38)25-14-5-2-6-15-25/h1-23,33,36H. The number of nitrogens with one attached hydrogen (secondary N) is 1. The van der Waals surface area contributed by atoms with Gasteiger partial charge in [-0.05, 0) is 42.0 Å². The highest BCUT2D eigenvalue weighted by atomic mass is 15.2. The van der Waals surface area contributed by atoms with Crippen molar-refractivity contribution in [3.8, 4) is 5.69 Å². The monoisotopic (exact) mass is 487 g/mol. The van der Waals surface area contributed by atoms with Gasteiger partial charge in [-0.25, -0.2) is 0 Å². The summed E-state index contributed by atoms with van der Waals surface area (Å²) >= 11 is 0. The zero-order valence-electron chi connectivity index (χ0n) is 20.8. The van der Waals surface area contributed by atoms with Crippen molar-refractivity contribution >= 4 is 49.3 Å². The van der Waals surface area contributed by atoms with Crippen LogP contribution >= 0.6 is 0 Å². The maximum Gasteiger partial charge on any atom is 0.123 e. The molecule has 0 fully saturated rings. The summed E-state index contributed by atoms with van der Waals surface area (Å²) in [5, 5.41) is 8.90. The number of hydrogen-bond acceptors (Lipinski definition) is 1. The third kappa shape index (κ3) is 3.02. The molecule has 1 N–H and O–H groups in total. The van der Waals surface area contributed by atoms with Crippen LogP contribution in [0.3, 0.4) is 0 Å². The summed E-state index contributed by atoms with van der Waals surface area (Å²) in [5.41, 5.74) is 8.38. The minimum atomic E-state index is -0.0366. The smallest absolute Gasteiger partial charge is 0.123 e. The minimum absolute atomic E-state index is 0.0366. The van der Waals surface area contributed by atoms with E-state index in [1.165, 1.54) is 54.9 Å².